The molecule has 3 aromatic rings. The Kier molecular flexibility index (Phi) is 8.15. The first-order chi connectivity index (χ1) is 18.1. The molecular formula is C26H20F7N3O3. The van der Waals surface area contributed by atoms with Crippen LogP contribution >= 0.6 is 0 Å². The van der Waals surface area contributed by atoms with Crippen LogP contribution in [0.3, 0.4) is 0 Å². The predicted molar refractivity (Wildman–Crippen MR) is 127 cm³/mol. The molecule has 13 heteroatoms. The van der Waals surface area contributed by atoms with Gasteiger partial charge in [0.15, 0.2) is 5.60 Å². The highest BCUT2D eigenvalue weighted by Crippen LogP contribution is 2.46. The summed E-state index contributed by atoms with van der Waals surface area (Å²) < 4.78 is 90.8. The van der Waals surface area contributed by atoms with E-state index in [9.17, 15) is 45.4 Å². The average molecular weight is 555 g/mol. The van der Waals surface area contributed by atoms with E-state index in [1.165, 1.54) is 48.6 Å². The summed E-state index contributed by atoms with van der Waals surface area (Å²) in [6.07, 6.45) is -6.67. The molecule has 6 nitrogen and oxygen atoms in total. The van der Waals surface area contributed by atoms with Crippen molar-refractivity contribution in [2.75, 3.05) is 5.32 Å². The average Bonchev–Trinajstić information content (AvgIpc) is 2.91. The Hall–Kier alpha value is -4.26. The molecule has 0 aliphatic rings. The molecule has 0 aliphatic carbocycles. The molecule has 0 saturated carbocycles. The largest absolute Gasteiger partial charge is 0.460 e. The number of nitrogens with zero attached hydrogens (tertiary/aromatic N) is 1. The van der Waals surface area contributed by atoms with Crippen LogP contribution in [0.1, 0.15) is 23.6 Å². The fourth-order valence-electron chi connectivity index (χ4n) is 3.42. The Morgan fingerprint density at radius 2 is 1.26 bits per heavy atom. The summed E-state index contributed by atoms with van der Waals surface area (Å²) in [5.74, 6) is -16.5. The lowest BCUT2D eigenvalue weighted by Gasteiger charge is -2.27. The first-order valence-electron chi connectivity index (χ1n) is 11.0. The highest BCUT2D eigenvalue weighted by atomic mass is 19.4. The second kappa shape index (κ2) is 10.8. The summed E-state index contributed by atoms with van der Waals surface area (Å²) in [5.41, 5.74) is 0.0277. The Labute approximate surface area is 217 Å². The number of hydrogen-bond acceptors (Lipinski definition) is 4. The second-order valence-electron chi connectivity index (χ2n) is 8.26. The van der Waals surface area contributed by atoms with Crippen LogP contribution in [0.15, 0.2) is 90.0 Å². The number of carbonyl (C=O) groups excluding carboxylic acids is 2. The predicted octanol–water partition coefficient (Wildman–Crippen LogP) is 5.23. The van der Waals surface area contributed by atoms with Crippen molar-refractivity contribution in [1.82, 2.24) is 5.43 Å². The lowest BCUT2D eigenvalue weighted by molar-refractivity contribution is -0.343. The first kappa shape index (κ1) is 29.3. The quantitative estimate of drug-likeness (QED) is 0.202. The fourth-order valence-corrected chi connectivity index (χ4v) is 3.42. The van der Waals surface area contributed by atoms with E-state index in [1.54, 1.807) is 36.4 Å². The van der Waals surface area contributed by atoms with Crippen LogP contribution in [0.2, 0.25) is 0 Å². The maximum atomic E-state index is 13.7. The van der Waals surface area contributed by atoms with Gasteiger partial charge in [-0.1, -0.05) is 72.8 Å². The summed E-state index contributed by atoms with van der Waals surface area (Å²) >= 11 is 0. The highest BCUT2D eigenvalue weighted by molar-refractivity contribution is 6.02. The number of hydrogen-bond donors (Lipinski definition) is 3. The van der Waals surface area contributed by atoms with Gasteiger partial charge in [0.25, 0.3) is 5.91 Å². The van der Waals surface area contributed by atoms with E-state index in [2.05, 4.69) is 10.5 Å². The zero-order valence-corrected chi connectivity index (χ0v) is 19.9. The minimum Gasteiger partial charge on any atom is -0.372 e. The van der Waals surface area contributed by atoms with Crippen LogP contribution < -0.4 is 10.7 Å². The summed E-state index contributed by atoms with van der Waals surface area (Å²) in [4.78, 5) is 24.8. The van der Waals surface area contributed by atoms with E-state index in [0.29, 0.717) is 0 Å². The zero-order valence-electron chi connectivity index (χ0n) is 19.9. The third-order valence-corrected chi connectivity index (χ3v) is 5.61. The number of halogens is 7. The van der Waals surface area contributed by atoms with E-state index < -0.39 is 41.1 Å². The minimum atomic E-state index is -6.67. The van der Waals surface area contributed by atoms with Crippen LogP contribution in [0.25, 0.3) is 0 Å². The smallest absolute Gasteiger partial charge is 0.372 e. The second-order valence-corrected chi connectivity index (χ2v) is 8.26. The monoisotopic (exact) mass is 555 g/mol. The van der Waals surface area contributed by atoms with Crippen molar-refractivity contribution in [3.63, 3.8) is 0 Å². The maximum absolute atomic E-state index is 13.7. The van der Waals surface area contributed by atoms with Gasteiger partial charge in [-0.15, -0.1) is 0 Å². The van der Waals surface area contributed by atoms with Gasteiger partial charge in [0.2, 0.25) is 0 Å². The van der Waals surface area contributed by atoms with Gasteiger partial charge in [0.05, 0.1) is 5.71 Å². The molecule has 206 valence electrons. The van der Waals surface area contributed by atoms with E-state index in [4.69, 9.17) is 0 Å². The normalized spacial score (nSPS) is 13.1. The fraction of sp³-hybridized carbons (Fsp3) is 0.192. The van der Waals surface area contributed by atoms with Crippen molar-refractivity contribution >= 4 is 23.2 Å². The topological polar surface area (TPSA) is 90.8 Å². The van der Waals surface area contributed by atoms with Gasteiger partial charge in [-0.05, 0) is 35.7 Å². The number of benzene rings is 3. The highest BCUT2D eigenvalue weighted by Gasteiger charge is 2.76. The summed E-state index contributed by atoms with van der Waals surface area (Å²) in [6, 6.07) is 20.3. The van der Waals surface area contributed by atoms with E-state index >= 15 is 0 Å². The third-order valence-electron chi connectivity index (χ3n) is 5.61. The lowest BCUT2D eigenvalue weighted by atomic mass is 9.85. The maximum Gasteiger partial charge on any atom is 0.460 e. The molecule has 3 N–H and O–H groups in total. The number of carbonyl (C=O) groups is 2. The Morgan fingerprint density at radius 3 is 1.74 bits per heavy atom. The van der Waals surface area contributed by atoms with Crippen molar-refractivity contribution in [1.29, 1.82) is 0 Å². The van der Waals surface area contributed by atoms with Crippen molar-refractivity contribution in [2.24, 2.45) is 5.10 Å². The van der Waals surface area contributed by atoms with Gasteiger partial charge in [-0.2, -0.15) is 35.8 Å². The Bertz CT molecular complexity index is 1320. The molecule has 0 radical (unpaired) electrons. The van der Waals surface area contributed by atoms with Crippen LogP contribution in [0.4, 0.5) is 36.4 Å². The number of anilines is 1. The molecule has 0 saturated heterocycles. The Balaban J connectivity index is 1.83. The summed E-state index contributed by atoms with van der Waals surface area (Å²) in [6.45, 7) is 1.34. The van der Waals surface area contributed by atoms with Crippen molar-refractivity contribution in [3.8, 4) is 0 Å². The molecule has 0 bridgehead atoms. The minimum absolute atomic E-state index is 0.00954. The standard InChI is InChI=1S/C26H20F7N3O3/c1-16(17-9-8-14-20(15-17)34-22(38)24(27,28)25(29,30)26(31,32)33)35-36-21(37)23(39,18-10-4-2-5-11-18)19-12-6-3-7-13-19/h2-15,39H,1H3,(H,34,38)(H,36,37)/b35-16+. The summed E-state index contributed by atoms with van der Waals surface area (Å²) in [5, 5.41) is 16.6. The van der Waals surface area contributed by atoms with Gasteiger partial charge < -0.3 is 10.4 Å². The third kappa shape index (κ3) is 5.77. The number of amides is 2. The molecule has 0 fully saturated rings. The van der Waals surface area contributed by atoms with Gasteiger partial charge >= 0.3 is 23.9 Å². The first-order valence-corrected chi connectivity index (χ1v) is 11.0. The van der Waals surface area contributed by atoms with Gasteiger partial charge in [0.1, 0.15) is 0 Å². The van der Waals surface area contributed by atoms with Crippen molar-refractivity contribution in [2.45, 2.75) is 30.5 Å². The van der Waals surface area contributed by atoms with Crippen LogP contribution in [-0.4, -0.2) is 40.7 Å². The van der Waals surface area contributed by atoms with E-state index in [-0.39, 0.29) is 22.4 Å². The number of rotatable bonds is 8. The number of hydrazone groups is 1. The SMILES string of the molecule is C/C(=N\NC(=O)C(O)(c1ccccc1)c1ccccc1)c1cccc(NC(=O)C(F)(F)C(F)(F)C(F)(F)F)c1. The molecular weight excluding hydrogens is 535 g/mol. The van der Waals surface area contributed by atoms with Crippen LogP contribution in [-0.2, 0) is 15.2 Å². The molecule has 0 heterocycles. The lowest BCUT2D eigenvalue weighted by Crippen LogP contribution is -2.57. The Morgan fingerprint density at radius 1 is 0.744 bits per heavy atom. The molecule has 3 aromatic carbocycles. The molecule has 0 unspecified atom stereocenters. The zero-order chi connectivity index (χ0) is 29.1. The van der Waals surface area contributed by atoms with Gasteiger partial charge in [-0.3, -0.25) is 9.59 Å². The molecule has 0 aromatic heterocycles. The molecule has 3 rings (SSSR count). The van der Waals surface area contributed by atoms with Crippen LogP contribution in [0.5, 0.6) is 0 Å². The number of alkyl halides is 7. The molecule has 0 spiro atoms. The summed E-state index contributed by atoms with van der Waals surface area (Å²) in [7, 11) is 0. The van der Waals surface area contributed by atoms with Crippen molar-refractivity contribution < 1.29 is 45.4 Å². The van der Waals surface area contributed by atoms with Crippen LogP contribution in [0, 0.1) is 0 Å². The number of aliphatic hydroxyl groups is 1. The molecule has 2 amide bonds. The number of nitrogens with one attached hydrogen (secondary N) is 2. The van der Waals surface area contributed by atoms with Gasteiger partial charge in [0, 0.05) is 5.69 Å². The van der Waals surface area contributed by atoms with Crippen molar-refractivity contribution in [3.05, 3.63) is 102 Å². The van der Waals surface area contributed by atoms with Gasteiger partial charge in [-0.25, -0.2) is 5.43 Å². The molecule has 39 heavy (non-hydrogen) atoms. The van der Waals surface area contributed by atoms with E-state index in [0.717, 1.165) is 12.1 Å². The molecule has 0 aliphatic heterocycles. The molecule has 0 atom stereocenters. The van der Waals surface area contributed by atoms with E-state index in [1.807, 2.05) is 0 Å².